The van der Waals surface area contributed by atoms with Gasteiger partial charge in [-0.1, -0.05) is 6.08 Å². The summed E-state index contributed by atoms with van der Waals surface area (Å²) in [4.78, 5) is 13.2. The van der Waals surface area contributed by atoms with Crippen molar-refractivity contribution >= 4 is 17.7 Å². The molecule has 0 aromatic carbocycles. The Labute approximate surface area is 99.5 Å². The highest BCUT2D eigenvalue weighted by molar-refractivity contribution is 8.01. The molecule has 16 heavy (non-hydrogen) atoms. The third-order valence-corrected chi connectivity index (χ3v) is 3.48. The Morgan fingerprint density at radius 3 is 2.69 bits per heavy atom. The fraction of sp³-hybridized carbons (Fsp3) is 0.545. The molecule has 84 valence electrons. The van der Waals surface area contributed by atoms with Gasteiger partial charge in [0.2, 0.25) is 5.91 Å². The normalized spacial score (nSPS) is 19.1. The maximum atomic E-state index is 11.5. The Kier molecular flexibility index (Phi) is 4.88. The van der Waals surface area contributed by atoms with E-state index in [2.05, 4.69) is 0 Å². The standard InChI is InChI=1S/C11H13N3OS/c1-2-14-10(15)8-16-11(14)7-9(3-5-12)4-6-13/h7,11H,2-4,8H2,1H3. The molecule has 0 N–H and O–H groups in total. The van der Waals surface area contributed by atoms with Crippen molar-refractivity contribution in [2.75, 3.05) is 12.3 Å². The number of nitriles is 2. The van der Waals surface area contributed by atoms with Crippen LogP contribution in [0.15, 0.2) is 11.6 Å². The summed E-state index contributed by atoms with van der Waals surface area (Å²) in [6.07, 6.45) is 2.40. The van der Waals surface area contributed by atoms with E-state index in [1.165, 1.54) is 0 Å². The van der Waals surface area contributed by atoms with Gasteiger partial charge in [-0.15, -0.1) is 11.8 Å². The minimum Gasteiger partial charge on any atom is -0.327 e. The smallest absolute Gasteiger partial charge is 0.233 e. The molecule has 0 spiro atoms. The summed E-state index contributed by atoms with van der Waals surface area (Å²) in [6, 6.07) is 4.08. The van der Waals surface area contributed by atoms with Gasteiger partial charge < -0.3 is 4.90 Å². The van der Waals surface area contributed by atoms with Crippen molar-refractivity contribution in [3.63, 3.8) is 0 Å². The van der Waals surface area contributed by atoms with Crippen LogP contribution < -0.4 is 0 Å². The second-order valence-corrected chi connectivity index (χ2v) is 4.48. The van der Waals surface area contributed by atoms with Gasteiger partial charge >= 0.3 is 0 Å². The zero-order chi connectivity index (χ0) is 12.0. The zero-order valence-corrected chi connectivity index (χ0v) is 9.96. The van der Waals surface area contributed by atoms with Crippen LogP contribution in [0.1, 0.15) is 19.8 Å². The molecule has 1 unspecified atom stereocenters. The predicted molar refractivity (Wildman–Crippen MR) is 62.2 cm³/mol. The number of likely N-dealkylation sites (N-methyl/N-ethyl adjacent to an activating group) is 1. The number of hydrogen-bond acceptors (Lipinski definition) is 4. The summed E-state index contributed by atoms with van der Waals surface area (Å²) in [5.41, 5.74) is 0.802. The Morgan fingerprint density at radius 1 is 1.56 bits per heavy atom. The highest BCUT2D eigenvalue weighted by Crippen LogP contribution is 2.27. The largest absolute Gasteiger partial charge is 0.327 e. The van der Waals surface area contributed by atoms with Gasteiger partial charge in [0.05, 0.1) is 36.1 Å². The number of carbonyl (C=O) groups is 1. The van der Waals surface area contributed by atoms with Crippen molar-refractivity contribution in [1.29, 1.82) is 10.5 Å². The van der Waals surface area contributed by atoms with E-state index in [0.29, 0.717) is 12.3 Å². The number of amides is 1. The van der Waals surface area contributed by atoms with E-state index in [-0.39, 0.29) is 24.1 Å². The van der Waals surface area contributed by atoms with E-state index in [0.717, 1.165) is 5.57 Å². The molecule has 4 nitrogen and oxygen atoms in total. The Bertz CT molecular complexity index is 360. The summed E-state index contributed by atoms with van der Waals surface area (Å²) in [7, 11) is 0. The van der Waals surface area contributed by atoms with Crippen molar-refractivity contribution in [1.82, 2.24) is 4.90 Å². The van der Waals surface area contributed by atoms with Crippen LogP contribution in [0.25, 0.3) is 0 Å². The van der Waals surface area contributed by atoms with Crippen LogP contribution in [0.5, 0.6) is 0 Å². The maximum absolute atomic E-state index is 11.5. The van der Waals surface area contributed by atoms with Crippen molar-refractivity contribution in [2.24, 2.45) is 0 Å². The predicted octanol–water partition coefficient (Wildman–Crippen LogP) is 1.66. The van der Waals surface area contributed by atoms with Gasteiger partial charge in [0.1, 0.15) is 0 Å². The molecular formula is C11H13N3OS. The molecule has 1 aliphatic heterocycles. The molecule has 0 bridgehead atoms. The molecule has 1 amide bonds. The van der Waals surface area contributed by atoms with Crippen LogP contribution in [0.4, 0.5) is 0 Å². The number of rotatable bonds is 4. The molecule has 1 heterocycles. The molecule has 0 aromatic rings. The van der Waals surface area contributed by atoms with Crippen molar-refractivity contribution in [3.8, 4) is 12.1 Å². The lowest BCUT2D eigenvalue weighted by Gasteiger charge is -2.19. The SMILES string of the molecule is CCN1C(=O)CSC1C=C(CC#N)CC#N. The summed E-state index contributed by atoms with van der Waals surface area (Å²) < 4.78 is 0. The Morgan fingerprint density at radius 2 is 2.19 bits per heavy atom. The molecule has 1 rings (SSSR count). The Balaban J connectivity index is 2.77. The second kappa shape index (κ2) is 6.19. The molecule has 0 aromatic heterocycles. The van der Waals surface area contributed by atoms with Crippen LogP contribution in [0.3, 0.4) is 0 Å². The number of thioether (sulfide) groups is 1. The van der Waals surface area contributed by atoms with Crippen molar-refractivity contribution in [3.05, 3.63) is 11.6 Å². The van der Waals surface area contributed by atoms with Gasteiger partial charge in [0, 0.05) is 6.54 Å². The molecular weight excluding hydrogens is 222 g/mol. The van der Waals surface area contributed by atoms with Gasteiger partial charge in [0.15, 0.2) is 0 Å². The molecule has 5 heteroatoms. The monoisotopic (exact) mass is 235 g/mol. The summed E-state index contributed by atoms with van der Waals surface area (Å²) in [6.45, 7) is 2.60. The average molecular weight is 235 g/mol. The highest BCUT2D eigenvalue weighted by Gasteiger charge is 2.28. The zero-order valence-electron chi connectivity index (χ0n) is 9.14. The first-order chi connectivity index (χ1) is 7.72. The first kappa shape index (κ1) is 12.6. The fourth-order valence-electron chi connectivity index (χ4n) is 1.55. The lowest BCUT2D eigenvalue weighted by atomic mass is 10.1. The quantitative estimate of drug-likeness (QED) is 0.695. The van der Waals surface area contributed by atoms with E-state index < -0.39 is 0 Å². The lowest BCUT2D eigenvalue weighted by molar-refractivity contribution is -0.127. The first-order valence-electron chi connectivity index (χ1n) is 5.07. The van der Waals surface area contributed by atoms with E-state index >= 15 is 0 Å². The van der Waals surface area contributed by atoms with E-state index in [9.17, 15) is 4.79 Å². The van der Waals surface area contributed by atoms with E-state index in [1.54, 1.807) is 16.7 Å². The molecule has 1 fully saturated rings. The van der Waals surface area contributed by atoms with Crippen molar-refractivity contribution < 1.29 is 4.79 Å². The molecule has 1 saturated heterocycles. The van der Waals surface area contributed by atoms with Gasteiger partial charge in [-0.25, -0.2) is 0 Å². The minimum atomic E-state index is -0.00537. The summed E-state index contributed by atoms with van der Waals surface area (Å²) in [5.74, 6) is 0.614. The first-order valence-corrected chi connectivity index (χ1v) is 6.12. The molecule has 0 saturated carbocycles. The molecule has 0 aliphatic carbocycles. The molecule has 0 radical (unpaired) electrons. The number of carbonyl (C=O) groups excluding carboxylic acids is 1. The number of nitrogens with zero attached hydrogens (tertiary/aromatic N) is 3. The number of hydrogen-bond donors (Lipinski definition) is 0. The van der Waals surface area contributed by atoms with Crippen LogP contribution >= 0.6 is 11.8 Å². The van der Waals surface area contributed by atoms with Gasteiger partial charge in [-0.05, 0) is 12.5 Å². The van der Waals surface area contributed by atoms with Gasteiger partial charge in [-0.2, -0.15) is 10.5 Å². The van der Waals surface area contributed by atoms with Gasteiger partial charge in [0.25, 0.3) is 0 Å². The van der Waals surface area contributed by atoms with Crippen LogP contribution in [-0.2, 0) is 4.79 Å². The third kappa shape index (κ3) is 3.01. The summed E-state index contributed by atoms with van der Waals surface area (Å²) in [5, 5.41) is 17.2. The van der Waals surface area contributed by atoms with E-state index in [1.807, 2.05) is 25.1 Å². The average Bonchev–Trinajstić information content (AvgIpc) is 2.60. The maximum Gasteiger partial charge on any atom is 0.233 e. The summed E-state index contributed by atoms with van der Waals surface area (Å²) >= 11 is 1.54. The molecule has 1 aliphatic rings. The van der Waals surface area contributed by atoms with Crippen molar-refractivity contribution in [2.45, 2.75) is 25.1 Å². The van der Waals surface area contributed by atoms with Gasteiger partial charge in [-0.3, -0.25) is 4.79 Å². The van der Waals surface area contributed by atoms with Crippen LogP contribution in [0.2, 0.25) is 0 Å². The van der Waals surface area contributed by atoms with Crippen LogP contribution in [0, 0.1) is 22.7 Å². The highest BCUT2D eigenvalue weighted by atomic mass is 32.2. The topological polar surface area (TPSA) is 67.9 Å². The lowest BCUT2D eigenvalue weighted by Crippen LogP contribution is -2.31. The number of allylic oxidation sites excluding steroid dienone is 1. The van der Waals surface area contributed by atoms with Crippen LogP contribution in [-0.4, -0.2) is 28.5 Å². The second-order valence-electron chi connectivity index (χ2n) is 3.38. The third-order valence-electron chi connectivity index (χ3n) is 2.34. The Hall–Kier alpha value is -1.46. The minimum absolute atomic E-state index is 0.00537. The molecule has 1 atom stereocenters. The van der Waals surface area contributed by atoms with E-state index in [4.69, 9.17) is 10.5 Å². The fourth-order valence-corrected chi connectivity index (χ4v) is 2.77.